The van der Waals surface area contributed by atoms with Gasteiger partial charge in [-0.05, 0) is 44.4 Å². The highest BCUT2D eigenvalue weighted by Gasteiger charge is 2.16. The van der Waals surface area contributed by atoms with Gasteiger partial charge in [-0.2, -0.15) is 0 Å². The molecule has 78 valence electrons. The Morgan fingerprint density at radius 1 is 1.43 bits per heavy atom. The van der Waals surface area contributed by atoms with Crippen molar-refractivity contribution in [3.8, 4) is 5.75 Å². The summed E-state index contributed by atoms with van der Waals surface area (Å²) >= 11 is 0. The average Bonchev–Trinajstić information content (AvgIpc) is 1.96. The maximum atomic E-state index is 13.1. The minimum atomic E-state index is -0.579. The number of phenolic OH excluding ortho intramolecular Hbond substituents is 1. The number of aryl methyl sites for hydroxylation is 1. The number of nitrogens with two attached hydrogens (primary N) is 1. The number of hydrogen-bond donors (Lipinski definition) is 2. The first kappa shape index (κ1) is 11.0. The largest absolute Gasteiger partial charge is 0.505 e. The van der Waals surface area contributed by atoms with Gasteiger partial charge in [0.25, 0.3) is 0 Å². The molecule has 0 aliphatic heterocycles. The molecule has 0 bridgehead atoms. The summed E-state index contributed by atoms with van der Waals surface area (Å²) in [5, 5.41) is 9.45. The Hall–Kier alpha value is -1.09. The van der Waals surface area contributed by atoms with Crippen molar-refractivity contribution in [1.29, 1.82) is 0 Å². The lowest BCUT2D eigenvalue weighted by molar-refractivity contribution is 0.415. The van der Waals surface area contributed by atoms with Crippen molar-refractivity contribution in [2.45, 2.75) is 32.7 Å². The topological polar surface area (TPSA) is 46.2 Å². The van der Waals surface area contributed by atoms with E-state index in [1.807, 2.05) is 13.8 Å². The molecule has 3 heteroatoms. The second-order valence-corrected chi connectivity index (χ2v) is 4.42. The Morgan fingerprint density at radius 2 is 2.00 bits per heavy atom. The highest BCUT2D eigenvalue weighted by Crippen LogP contribution is 2.25. The van der Waals surface area contributed by atoms with E-state index < -0.39 is 11.4 Å². The summed E-state index contributed by atoms with van der Waals surface area (Å²) in [6.07, 6.45) is 0.456. The number of halogens is 1. The third-order valence-corrected chi connectivity index (χ3v) is 1.93. The molecule has 0 aliphatic carbocycles. The summed E-state index contributed by atoms with van der Waals surface area (Å²) in [6, 6.07) is 3.06. The van der Waals surface area contributed by atoms with E-state index >= 15 is 0 Å². The smallest absolute Gasteiger partial charge is 0.165 e. The first-order valence-electron chi connectivity index (χ1n) is 4.56. The Kier molecular flexibility index (Phi) is 2.81. The highest BCUT2D eigenvalue weighted by molar-refractivity contribution is 5.38. The molecule has 0 aromatic heterocycles. The Balaban J connectivity index is 3.09. The zero-order valence-corrected chi connectivity index (χ0v) is 8.76. The van der Waals surface area contributed by atoms with Gasteiger partial charge in [-0.3, -0.25) is 0 Å². The summed E-state index contributed by atoms with van der Waals surface area (Å²) in [4.78, 5) is 0. The molecule has 0 heterocycles. The molecule has 0 fully saturated rings. The molecular formula is C11H16FNO. The molecule has 0 saturated heterocycles. The zero-order valence-electron chi connectivity index (χ0n) is 8.76. The van der Waals surface area contributed by atoms with Gasteiger partial charge in [0, 0.05) is 5.54 Å². The Bertz CT molecular complexity index is 342. The first-order chi connectivity index (χ1) is 6.29. The summed E-state index contributed by atoms with van der Waals surface area (Å²) in [6.45, 7) is 5.47. The molecule has 1 rings (SSSR count). The maximum absolute atomic E-state index is 13.1. The van der Waals surface area contributed by atoms with E-state index in [2.05, 4.69) is 0 Å². The number of rotatable bonds is 2. The van der Waals surface area contributed by atoms with Crippen LogP contribution in [0.3, 0.4) is 0 Å². The summed E-state index contributed by atoms with van der Waals surface area (Å²) in [5.74, 6) is -0.863. The van der Waals surface area contributed by atoms with Crippen LogP contribution in [-0.4, -0.2) is 10.6 Å². The third kappa shape index (κ3) is 2.70. The predicted octanol–water partition coefficient (Wildman–Crippen LogP) is 2.12. The van der Waals surface area contributed by atoms with E-state index in [0.29, 0.717) is 12.0 Å². The van der Waals surface area contributed by atoms with Crippen LogP contribution in [-0.2, 0) is 6.42 Å². The first-order valence-corrected chi connectivity index (χ1v) is 4.56. The summed E-state index contributed by atoms with van der Waals surface area (Å²) in [5.41, 5.74) is 6.71. The van der Waals surface area contributed by atoms with Crippen LogP contribution in [0.2, 0.25) is 0 Å². The van der Waals surface area contributed by atoms with Gasteiger partial charge in [0.15, 0.2) is 11.6 Å². The summed E-state index contributed by atoms with van der Waals surface area (Å²) < 4.78 is 13.1. The van der Waals surface area contributed by atoms with Gasteiger partial charge in [0.2, 0.25) is 0 Å². The van der Waals surface area contributed by atoms with E-state index in [1.54, 1.807) is 13.0 Å². The van der Waals surface area contributed by atoms with Crippen molar-refractivity contribution >= 4 is 0 Å². The summed E-state index contributed by atoms with van der Waals surface area (Å²) in [7, 11) is 0. The van der Waals surface area contributed by atoms with E-state index in [4.69, 9.17) is 5.73 Å². The second-order valence-electron chi connectivity index (χ2n) is 4.42. The molecule has 2 nitrogen and oxygen atoms in total. The Morgan fingerprint density at radius 3 is 2.50 bits per heavy atom. The molecule has 3 N–H and O–H groups in total. The van der Waals surface area contributed by atoms with Crippen molar-refractivity contribution < 1.29 is 9.50 Å². The minimum absolute atomic E-state index is 0.283. The standard InChI is InChI=1S/C11H16FNO/c1-7-4-8(6-11(2,3)13)10(14)9(12)5-7/h4-5,14H,6,13H2,1-3H3. The molecule has 1 aromatic carbocycles. The quantitative estimate of drug-likeness (QED) is 0.762. The van der Waals surface area contributed by atoms with Gasteiger partial charge >= 0.3 is 0 Å². The van der Waals surface area contributed by atoms with Crippen LogP contribution in [0.1, 0.15) is 25.0 Å². The monoisotopic (exact) mass is 197 g/mol. The van der Waals surface area contributed by atoms with Gasteiger partial charge < -0.3 is 10.8 Å². The number of hydrogen-bond acceptors (Lipinski definition) is 2. The van der Waals surface area contributed by atoms with Crippen molar-refractivity contribution in [1.82, 2.24) is 0 Å². The van der Waals surface area contributed by atoms with Gasteiger partial charge in [0.1, 0.15) is 0 Å². The van der Waals surface area contributed by atoms with Crippen LogP contribution in [0, 0.1) is 12.7 Å². The zero-order chi connectivity index (χ0) is 10.9. The van der Waals surface area contributed by atoms with Crippen molar-refractivity contribution in [3.63, 3.8) is 0 Å². The van der Waals surface area contributed by atoms with Gasteiger partial charge in [-0.25, -0.2) is 4.39 Å². The van der Waals surface area contributed by atoms with Crippen molar-refractivity contribution in [3.05, 3.63) is 29.1 Å². The molecule has 0 amide bonds. The molecule has 0 spiro atoms. The molecule has 0 saturated carbocycles. The molecule has 1 aromatic rings. The van der Waals surface area contributed by atoms with Crippen molar-refractivity contribution in [2.24, 2.45) is 5.73 Å². The molecule has 0 unspecified atom stereocenters. The van der Waals surface area contributed by atoms with E-state index in [1.165, 1.54) is 6.07 Å². The van der Waals surface area contributed by atoms with Gasteiger partial charge in [0.05, 0.1) is 0 Å². The highest BCUT2D eigenvalue weighted by atomic mass is 19.1. The predicted molar refractivity (Wildman–Crippen MR) is 54.8 cm³/mol. The lowest BCUT2D eigenvalue weighted by atomic mass is 9.94. The number of benzene rings is 1. The molecule has 0 atom stereocenters. The Labute approximate surface area is 83.6 Å². The average molecular weight is 197 g/mol. The minimum Gasteiger partial charge on any atom is -0.505 e. The van der Waals surface area contributed by atoms with Crippen LogP contribution >= 0.6 is 0 Å². The fourth-order valence-electron chi connectivity index (χ4n) is 1.43. The lowest BCUT2D eigenvalue weighted by Gasteiger charge is -2.19. The van der Waals surface area contributed by atoms with E-state index in [9.17, 15) is 9.50 Å². The van der Waals surface area contributed by atoms with E-state index in [-0.39, 0.29) is 5.75 Å². The lowest BCUT2D eigenvalue weighted by Crippen LogP contribution is -2.34. The van der Waals surface area contributed by atoms with Crippen LogP contribution in [0.25, 0.3) is 0 Å². The molecule has 0 aliphatic rings. The normalized spacial score (nSPS) is 11.8. The number of aromatic hydroxyl groups is 1. The fraction of sp³-hybridized carbons (Fsp3) is 0.455. The van der Waals surface area contributed by atoms with Gasteiger partial charge in [-0.15, -0.1) is 0 Å². The molecule has 14 heavy (non-hydrogen) atoms. The van der Waals surface area contributed by atoms with Crippen molar-refractivity contribution in [2.75, 3.05) is 0 Å². The molecular weight excluding hydrogens is 181 g/mol. The third-order valence-electron chi connectivity index (χ3n) is 1.93. The van der Waals surface area contributed by atoms with Crippen LogP contribution in [0.15, 0.2) is 12.1 Å². The molecule has 0 radical (unpaired) electrons. The SMILES string of the molecule is Cc1cc(F)c(O)c(CC(C)(C)N)c1. The number of phenols is 1. The van der Waals surface area contributed by atoms with Crippen LogP contribution in [0.4, 0.5) is 4.39 Å². The fourth-order valence-corrected chi connectivity index (χ4v) is 1.43. The second kappa shape index (κ2) is 3.58. The van der Waals surface area contributed by atoms with E-state index in [0.717, 1.165) is 5.56 Å². The van der Waals surface area contributed by atoms with Crippen LogP contribution in [0.5, 0.6) is 5.75 Å². The maximum Gasteiger partial charge on any atom is 0.165 e. The van der Waals surface area contributed by atoms with Gasteiger partial charge in [-0.1, -0.05) is 6.07 Å². The van der Waals surface area contributed by atoms with Crippen LogP contribution < -0.4 is 5.73 Å².